The quantitative estimate of drug-likeness (QED) is 0.482. The molecule has 2 aliphatic rings. The predicted octanol–water partition coefficient (Wildman–Crippen LogP) is 4.52. The number of rotatable bonds is 4. The van der Waals surface area contributed by atoms with E-state index in [1.165, 1.54) is 24.0 Å². The maximum Gasteiger partial charge on any atom is 0.173 e. The van der Waals surface area contributed by atoms with E-state index in [1.807, 2.05) is 43.1 Å². The van der Waals surface area contributed by atoms with Gasteiger partial charge in [0.15, 0.2) is 11.5 Å². The molecule has 6 rings (SSSR count). The van der Waals surface area contributed by atoms with Crippen LogP contribution in [0.1, 0.15) is 23.7 Å². The van der Waals surface area contributed by atoms with Crippen LogP contribution in [-0.4, -0.2) is 60.2 Å². The number of phenols is 1. The maximum absolute atomic E-state index is 14.5. The van der Waals surface area contributed by atoms with E-state index in [-0.39, 0.29) is 5.75 Å². The van der Waals surface area contributed by atoms with Crippen molar-refractivity contribution < 1.29 is 9.50 Å². The summed E-state index contributed by atoms with van der Waals surface area (Å²) in [5.41, 5.74) is 4.66. The smallest absolute Gasteiger partial charge is 0.173 e. The molecule has 5 heterocycles. The second-order valence-electron chi connectivity index (χ2n) is 8.93. The van der Waals surface area contributed by atoms with E-state index < -0.39 is 5.82 Å². The molecule has 2 saturated heterocycles. The number of benzene rings is 1. The second-order valence-corrected chi connectivity index (χ2v) is 10.1. The number of pyridine rings is 1. The van der Waals surface area contributed by atoms with Gasteiger partial charge in [-0.2, -0.15) is 22.0 Å². The molecule has 1 aromatic carbocycles. The number of phenolic OH excluding ortho intramolecular Hbond substituents is 1. The topological polar surface area (TPSA) is 66.5 Å². The van der Waals surface area contributed by atoms with E-state index >= 15 is 0 Å². The summed E-state index contributed by atoms with van der Waals surface area (Å²) >= 11 is 2.04. The first kappa shape index (κ1) is 20.6. The Morgan fingerprint density at radius 2 is 1.94 bits per heavy atom. The Hall–Kier alpha value is -2.97. The zero-order chi connectivity index (χ0) is 22.5. The summed E-state index contributed by atoms with van der Waals surface area (Å²) in [7, 11) is 0. The standard InChI is InChI=1S/C25H24FN5OS/c1-15-10-31-11-17(8-21(26)25(31)27-15)16-2-3-20(24(32)9-16)23-5-4-22(28-29-23)18-12-30(13-18)19-6-7-33-14-19/h2-5,8-11,18-19,32H,6-7,12-14H2,1H3. The average molecular weight is 462 g/mol. The van der Waals surface area contributed by atoms with Gasteiger partial charge in [0, 0.05) is 54.3 Å². The van der Waals surface area contributed by atoms with Gasteiger partial charge in [-0.05, 0) is 55.0 Å². The molecule has 0 spiro atoms. The molecule has 1 unspecified atom stereocenters. The molecule has 1 N–H and O–H groups in total. The highest BCUT2D eigenvalue weighted by Gasteiger charge is 2.35. The van der Waals surface area contributed by atoms with Crippen LogP contribution in [0.15, 0.2) is 48.8 Å². The summed E-state index contributed by atoms with van der Waals surface area (Å²) < 4.78 is 16.1. The van der Waals surface area contributed by atoms with E-state index in [4.69, 9.17) is 0 Å². The Balaban J connectivity index is 1.21. The van der Waals surface area contributed by atoms with Crippen molar-refractivity contribution in [1.82, 2.24) is 24.5 Å². The second kappa shape index (κ2) is 8.11. The number of fused-ring (bicyclic) bond motifs is 1. The van der Waals surface area contributed by atoms with Gasteiger partial charge >= 0.3 is 0 Å². The highest BCUT2D eigenvalue weighted by molar-refractivity contribution is 7.99. The number of nitrogens with zero attached hydrogens (tertiary/aromatic N) is 5. The molecule has 8 heteroatoms. The first-order chi connectivity index (χ1) is 16.0. The van der Waals surface area contributed by atoms with Gasteiger partial charge in [-0.3, -0.25) is 4.90 Å². The van der Waals surface area contributed by atoms with Crippen molar-refractivity contribution in [2.45, 2.75) is 25.3 Å². The summed E-state index contributed by atoms with van der Waals surface area (Å²) in [6, 6.07) is 11.4. The number of thioether (sulfide) groups is 1. The predicted molar refractivity (Wildman–Crippen MR) is 128 cm³/mol. The highest BCUT2D eigenvalue weighted by atomic mass is 32.2. The SMILES string of the molecule is Cc1cn2cc(-c3ccc(-c4ccc(C5CN(C6CCSC6)C5)nn4)c(O)c3)cc(F)c2n1. The van der Waals surface area contributed by atoms with Crippen molar-refractivity contribution in [2.75, 3.05) is 24.6 Å². The average Bonchev–Trinajstić information content (AvgIpc) is 3.43. The van der Waals surface area contributed by atoms with Crippen LogP contribution in [0.2, 0.25) is 0 Å². The molecule has 2 fully saturated rings. The van der Waals surface area contributed by atoms with Crippen LogP contribution in [0.4, 0.5) is 4.39 Å². The number of imidazole rings is 1. The van der Waals surface area contributed by atoms with Crippen LogP contribution < -0.4 is 0 Å². The zero-order valence-electron chi connectivity index (χ0n) is 18.3. The summed E-state index contributed by atoms with van der Waals surface area (Å²) in [6.07, 6.45) is 4.88. The van der Waals surface area contributed by atoms with Gasteiger partial charge in [-0.1, -0.05) is 6.07 Å². The molecule has 33 heavy (non-hydrogen) atoms. The lowest BCUT2D eigenvalue weighted by molar-refractivity contribution is 0.102. The van der Waals surface area contributed by atoms with E-state index in [2.05, 4.69) is 20.1 Å². The van der Waals surface area contributed by atoms with Gasteiger partial charge < -0.3 is 9.51 Å². The van der Waals surface area contributed by atoms with Crippen molar-refractivity contribution >= 4 is 17.4 Å². The van der Waals surface area contributed by atoms with Crippen LogP contribution >= 0.6 is 11.8 Å². The number of aromatic nitrogens is 4. The van der Waals surface area contributed by atoms with E-state index in [0.717, 1.165) is 30.5 Å². The van der Waals surface area contributed by atoms with Gasteiger partial charge in [-0.15, -0.1) is 0 Å². The van der Waals surface area contributed by atoms with Gasteiger partial charge in [0.1, 0.15) is 5.75 Å². The van der Waals surface area contributed by atoms with Crippen molar-refractivity contribution in [2.24, 2.45) is 0 Å². The van der Waals surface area contributed by atoms with Crippen molar-refractivity contribution in [3.05, 3.63) is 66.0 Å². The molecule has 3 aromatic heterocycles. The highest BCUT2D eigenvalue weighted by Crippen LogP contribution is 2.35. The fraction of sp³-hybridized carbons (Fsp3) is 0.320. The zero-order valence-corrected chi connectivity index (χ0v) is 19.1. The molecule has 0 aliphatic carbocycles. The molecule has 0 amide bonds. The Morgan fingerprint density at radius 1 is 1.06 bits per heavy atom. The van der Waals surface area contributed by atoms with Gasteiger partial charge in [0.2, 0.25) is 0 Å². The fourth-order valence-electron chi connectivity index (χ4n) is 4.78. The minimum absolute atomic E-state index is 0.0884. The normalized spacial score (nSPS) is 19.3. The lowest BCUT2D eigenvalue weighted by atomic mass is 9.93. The van der Waals surface area contributed by atoms with Gasteiger partial charge in [0.05, 0.1) is 17.1 Å². The molecule has 1 atom stereocenters. The van der Waals surface area contributed by atoms with E-state index in [9.17, 15) is 9.50 Å². The van der Waals surface area contributed by atoms with E-state index in [1.54, 1.807) is 22.7 Å². The lowest BCUT2D eigenvalue weighted by Crippen LogP contribution is -2.51. The summed E-state index contributed by atoms with van der Waals surface area (Å²) in [5.74, 6) is 2.65. The molecule has 0 saturated carbocycles. The Morgan fingerprint density at radius 3 is 2.67 bits per heavy atom. The molecule has 6 nitrogen and oxygen atoms in total. The Labute approximate surface area is 195 Å². The minimum atomic E-state index is -0.396. The molecule has 2 aliphatic heterocycles. The molecule has 0 radical (unpaired) electrons. The maximum atomic E-state index is 14.5. The van der Waals surface area contributed by atoms with Gasteiger partial charge in [-0.25, -0.2) is 9.37 Å². The Kier molecular flexibility index (Phi) is 5.07. The third kappa shape index (κ3) is 3.77. The van der Waals surface area contributed by atoms with Crippen LogP contribution in [0, 0.1) is 12.7 Å². The number of likely N-dealkylation sites (tertiary alicyclic amines) is 1. The number of halogens is 1. The van der Waals surface area contributed by atoms with Crippen LogP contribution in [0.5, 0.6) is 5.75 Å². The molecular weight excluding hydrogens is 437 g/mol. The first-order valence-corrected chi connectivity index (χ1v) is 12.3. The molecule has 0 bridgehead atoms. The number of aryl methyl sites for hydroxylation is 1. The number of aromatic hydroxyl groups is 1. The van der Waals surface area contributed by atoms with Crippen molar-refractivity contribution in [3.63, 3.8) is 0 Å². The Bertz CT molecular complexity index is 1330. The monoisotopic (exact) mass is 461 g/mol. The van der Waals surface area contributed by atoms with Gasteiger partial charge in [0.25, 0.3) is 0 Å². The summed E-state index contributed by atoms with van der Waals surface area (Å²) in [6.45, 7) is 3.93. The number of hydrogen-bond donors (Lipinski definition) is 1. The minimum Gasteiger partial charge on any atom is -0.507 e. The van der Waals surface area contributed by atoms with Crippen LogP contribution in [0.25, 0.3) is 28.0 Å². The molecular formula is C25H24FN5OS. The lowest BCUT2D eigenvalue weighted by Gasteiger charge is -2.42. The third-order valence-electron chi connectivity index (χ3n) is 6.67. The third-order valence-corrected chi connectivity index (χ3v) is 7.81. The summed E-state index contributed by atoms with van der Waals surface area (Å²) in [4.78, 5) is 6.74. The summed E-state index contributed by atoms with van der Waals surface area (Å²) in [5, 5.41) is 19.5. The van der Waals surface area contributed by atoms with E-state index in [0.29, 0.717) is 33.9 Å². The molecule has 168 valence electrons. The largest absolute Gasteiger partial charge is 0.507 e. The van der Waals surface area contributed by atoms with Crippen molar-refractivity contribution in [1.29, 1.82) is 0 Å². The molecule has 4 aromatic rings. The van der Waals surface area contributed by atoms with Crippen LogP contribution in [0.3, 0.4) is 0 Å². The number of hydrogen-bond acceptors (Lipinski definition) is 6. The fourth-order valence-corrected chi connectivity index (χ4v) is 6.03. The van der Waals surface area contributed by atoms with Crippen molar-refractivity contribution in [3.8, 4) is 28.1 Å². The first-order valence-electron chi connectivity index (χ1n) is 11.2. The van der Waals surface area contributed by atoms with Crippen LogP contribution in [-0.2, 0) is 0 Å².